The Morgan fingerprint density at radius 3 is 2.18 bits per heavy atom. The minimum Gasteiger partial charge on any atom is -0.424 e. The van der Waals surface area contributed by atoms with Gasteiger partial charge in [-0.25, -0.2) is 0 Å². The first-order valence-corrected chi connectivity index (χ1v) is 10.7. The Labute approximate surface area is 200 Å². The molecule has 0 aliphatic heterocycles. The summed E-state index contributed by atoms with van der Waals surface area (Å²) in [5.74, 6) is -0.856. The predicted octanol–water partition coefficient (Wildman–Crippen LogP) is 6.54. The van der Waals surface area contributed by atoms with E-state index in [0.29, 0.717) is 16.6 Å². The van der Waals surface area contributed by atoms with Crippen LogP contribution in [0.2, 0.25) is 0 Å². The SMILES string of the molecule is CC(=O)Oc1c(-c2ccccc2)n(C(C)=O)c2cc([N+](=O)[O-])c(/C(Cl)=C/c3ccccc3)cc12. The quantitative estimate of drug-likeness (QED) is 0.142. The van der Waals surface area contributed by atoms with Gasteiger partial charge in [-0.2, -0.15) is 0 Å². The molecule has 8 heteroatoms. The van der Waals surface area contributed by atoms with Gasteiger partial charge in [0.05, 0.1) is 26.7 Å². The molecule has 34 heavy (non-hydrogen) atoms. The number of hydrogen-bond acceptors (Lipinski definition) is 5. The summed E-state index contributed by atoms with van der Waals surface area (Å²) in [5, 5.41) is 12.5. The number of aromatic nitrogens is 1. The summed E-state index contributed by atoms with van der Waals surface area (Å²) in [4.78, 5) is 36.1. The van der Waals surface area contributed by atoms with Crippen LogP contribution in [-0.2, 0) is 4.79 Å². The molecule has 1 aromatic heterocycles. The van der Waals surface area contributed by atoms with Crippen LogP contribution in [0.25, 0.3) is 33.3 Å². The van der Waals surface area contributed by atoms with Crippen molar-refractivity contribution in [1.82, 2.24) is 4.57 Å². The fourth-order valence-electron chi connectivity index (χ4n) is 3.84. The topological polar surface area (TPSA) is 91.4 Å². The molecule has 4 rings (SSSR count). The lowest BCUT2D eigenvalue weighted by Gasteiger charge is -2.09. The number of fused-ring (bicyclic) bond motifs is 1. The van der Waals surface area contributed by atoms with Crippen molar-refractivity contribution in [3.8, 4) is 17.0 Å². The van der Waals surface area contributed by atoms with E-state index in [1.807, 2.05) is 36.4 Å². The highest BCUT2D eigenvalue weighted by Crippen LogP contribution is 2.44. The number of nitro groups is 1. The van der Waals surface area contributed by atoms with Gasteiger partial charge in [-0.3, -0.25) is 24.3 Å². The molecule has 0 aliphatic rings. The monoisotopic (exact) mass is 474 g/mol. The third kappa shape index (κ3) is 4.33. The smallest absolute Gasteiger partial charge is 0.308 e. The minimum atomic E-state index is -0.592. The summed E-state index contributed by atoms with van der Waals surface area (Å²) in [6.07, 6.45) is 1.61. The highest BCUT2D eigenvalue weighted by Gasteiger charge is 2.28. The van der Waals surface area contributed by atoms with E-state index in [9.17, 15) is 19.7 Å². The van der Waals surface area contributed by atoms with Gasteiger partial charge < -0.3 is 4.74 Å². The maximum Gasteiger partial charge on any atom is 0.308 e. The minimum absolute atomic E-state index is 0.129. The number of nitrogens with zero attached hydrogens (tertiary/aromatic N) is 2. The maximum atomic E-state index is 12.7. The van der Waals surface area contributed by atoms with Crippen LogP contribution in [0, 0.1) is 10.1 Å². The van der Waals surface area contributed by atoms with Crippen molar-refractivity contribution in [3.05, 3.63) is 94.0 Å². The van der Waals surface area contributed by atoms with Gasteiger partial charge in [0, 0.05) is 30.9 Å². The van der Waals surface area contributed by atoms with E-state index in [-0.39, 0.29) is 27.5 Å². The zero-order valence-electron chi connectivity index (χ0n) is 18.3. The number of rotatable bonds is 5. The molecule has 0 atom stereocenters. The normalized spacial score (nSPS) is 11.4. The Kier molecular flexibility index (Phi) is 6.30. The van der Waals surface area contributed by atoms with E-state index in [2.05, 4.69) is 0 Å². The molecule has 0 bridgehead atoms. The Morgan fingerprint density at radius 1 is 1.00 bits per heavy atom. The average molecular weight is 475 g/mol. The third-order valence-electron chi connectivity index (χ3n) is 5.19. The number of carbonyl (C=O) groups excluding carboxylic acids is 2. The van der Waals surface area contributed by atoms with Crippen molar-refractivity contribution in [2.75, 3.05) is 0 Å². The number of nitro benzene ring substituents is 1. The summed E-state index contributed by atoms with van der Waals surface area (Å²) in [7, 11) is 0. The van der Waals surface area contributed by atoms with E-state index in [0.717, 1.165) is 5.56 Å². The largest absolute Gasteiger partial charge is 0.424 e. The zero-order chi connectivity index (χ0) is 24.4. The van der Waals surface area contributed by atoms with Crippen LogP contribution in [0.1, 0.15) is 29.8 Å². The number of ether oxygens (including phenoxy) is 1. The second-order valence-corrected chi connectivity index (χ2v) is 7.95. The van der Waals surface area contributed by atoms with Gasteiger partial charge in [0.2, 0.25) is 5.91 Å². The number of hydrogen-bond donors (Lipinski definition) is 0. The lowest BCUT2D eigenvalue weighted by atomic mass is 10.1. The Bertz CT molecular complexity index is 1460. The van der Waals surface area contributed by atoms with Gasteiger partial charge in [-0.1, -0.05) is 72.3 Å². The molecular formula is C26H19ClN2O5. The van der Waals surface area contributed by atoms with Gasteiger partial charge >= 0.3 is 5.97 Å². The van der Waals surface area contributed by atoms with Crippen molar-refractivity contribution < 1.29 is 19.2 Å². The van der Waals surface area contributed by atoms with Crippen molar-refractivity contribution in [2.24, 2.45) is 0 Å². The van der Waals surface area contributed by atoms with Crippen LogP contribution in [0.3, 0.4) is 0 Å². The fraction of sp³-hybridized carbons (Fsp3) is 0.0769. The van der Waals surface area contributed by atoms with E-state index in [1.54, 1.807) is 30.3 Å². The molecule has 170 valence electrons. The summed E-state index contributed by atoms with van der Waals surface area (Å²) in [5.41, 5.74) is 1.79. The average Bonchev–Trinajstić information content (AvgIpc) is 3.12. The molecule has 0 unspecified atom stereocenters. The first-order chi connectivity index (χ1) is 16.3. The summed E-state index contributed by atoms with van der Waals surface area (Å²) in [6, 6.07) is 20.8. The third-order valence-corrected chi connectivity index (χ3v) is 5.51. The van der Waals surface area contributed by atoms with Gasteiger partial charge in [0.15, 0.2) is 5.75 Å². The van der Waals surface area contributed by atoms with Gasteiger partial charge in [-0.05, 0) is 17.7 Å². The fourth-order valence-corrected chi connectivity index (χ4v) is 4.12. The number of benzene rings is 3. The summed E-state index contributed by atoms with van der Waals surface area (Å²) in [6.45, 7) is 2.59. The standard InChI is InChI=1S/C26H19ClN2O5/c1-16(30)28-23-15-24(29(32)33)20(22(27)13-18-9-5-3-6-10-18)14-21(23)26(34-17(2)31)25(28)19-11-7-4-8-12-19/h3-15H,1-2H3/b22-13-. The molecule has 3 aromatic carbocycles. The highest BCUT2D eigenvalue weighted by atomic mass is 35.5. The van der Waals surface area contributed by atoms with Crippen LogP contribution < -0.4 is 4.74 Å². The maximum absolute atomic E-state index is 12.7. The Hall–Kier alpha value is -4.23. The van der Waals surface area contributed by atoms with Crippen LogP contribution in [-0.4, -0.2) is 21.4 Å². The van der Waals surface area contributed by atoms with E-state index in [4.69, 9.17) is 16.3 Å². The number of carbonyl (C=O) groups is 2. The Balaban J connectivity index is 2.10. The van der Waals surface area contributed by atoms with Gasteiger partial charge in [0.25, 0.3) is 5.69 Å². The zero-order valence-corrected chi connectivity index (χ0v) is 19.1. The molecule has 0 radical (unpaired) electrons. The molecular weight excluding hydrogens is 456 g/mol. The second-order valence-electron chi connectivity index (χ2n) is 7.54. The van der Waals surface area contributed by atoms with E-state index < -0.39 is 16.8 Å². The van der Waals surface area contributed by atoms with Crippen LogP contribution in [0.4, 0.5) is 5.69 Å². The van der Waals surface area contributed by atoms with E-state index >= 15 is 0 Å². The molecule has 0 aliphatic carbocycles. The molecule has 0 spiro atoms. The predicted molar refractivity (Wildman–Crippen MR) is 132 cm³/mol. The molecule has 0 saturated heterocycles. The first-order valence-electron chi connectivity index (χ1n) is 10.3. The molecule has 0 fully saturated rings. The van der Waals surface area contributed by atoms with E-state index in [1.165, 1.54) is 30.5 Å². The van der Waals surface area contributed by atoms with Crippen LogP contribution in [0.15, 0.2) is 72.8 Å². The summed E-state index contributed by atoms with van der Waals surface area (Å²) >= 11 is 6.55. The Morgan fingerprint density at radius 2 is 1.62 bits per heavy atom. The second kappa shape index (κ2) is 9.33. The van der Waals surface area contributed by atoms with Gasteiger partial charge in [-0.15, -0.1) is 0 Å². The van der Waals surface area contributed by atoms with Crippen molar-refractivity contribution in [3.63, 3.8) is 0 Å². The van der Waals surface area contributed by atoms with Crippen LogP contribution in [0.5, 0.6) is 5.75 Å². The lowest BCUT2D eigenvalue weighted by Crippen LogP contribution is -2.08. The van der Waals surface area contributed by atoms with Crippen molar-refractivity contribution >= 4 is 51.2 Å². The molecule has 7 nitrogen and oxygen atoms in total. The molecule has 0 N–H and O–H groups in total. The number of esters is 1. The molecule has 0 amide bonds. The van der Waals surface area contributed by atoms with Crippen molar-refractivity contribution in [1.29, 1.82) is 0 Å². The highest BCUT2D eigenvalue weighted by molar-refractivity contribution is 6.51. The molecule has 4 aromatic rings. The lowest BCUT2D eigenvalue weighted by molar-refractivity contribution is -0.385. The van der Waals surface area contributed by atoms with Crippen LogP contribution >= 0.6 is 11.6 Å². The van der Waals surface area contributed by atoms with Crippen molar-refractivity contribution in [2.45, 2.75) is 13.8 Å². The summed E-state index contributed by atoms with van der Waals surface area (Å²) < 4.78 is 6.87. The van der Waals surface area contributed by atoms with Gasteiger partial charge in [0.1, 0.15) is 0 Å². The number of halogens is 1. The molecule has 0 saturated carbocycles. The molecule has 1 heterocycles. The first kappa shape index (κ1) is 22.9.